The minimum atomic E-state index is 0. The molecule has 0 aromatic carbocycles. The molecule has 0 aliphatic carbocycles. The third-order valence-electron chi connectivity index (χ3n) is 0.691. The fraction of sp³-hybridized carbons (Fsp3) is 0.667. The zero-order valence-electron chi connectivity index (χ0n) is 5.48. The van der Waals surface area contributed by atoms with E-state index in [1.165, 1.54) is 6.42 Å². The van der Waals surface area contributed by atoms with E-state index in [0.29, 0.717) is 0 Å². The molecule has 0 radical (unpaired) electrons. The molecule has 1 nitrogen and oxygen atoms in total. The zero-order chi connectivity index (χ0) is 5.54. The number of hydrogen-bond acceptors (Lipinski definition) is 1. The number of hydrogen-bond donors (Lipinski definition) is 1. The molecule has 0 aromatic rings. The van der Waals surface area contributed by atoms with Gasteiger partial charge in [-0.05, 0) is 12.6 Å². The quantitative estimate of drug-likeness (QED) is 0.710. The SMILES string of the molecule is C1=CNCC1.CC.[W]. The van der Waals surface area contributed by atoms with Gasteiger partial charge in [-0.1, -0.05) is 19.9 Å². The minimum Gasteiger partial charge on any atom is -0.391 e. The summed E-state index contributed by atoms with van der Waals surface area (Å²) in [6.07, 6.45) is 5.32. The topological polar surface area (TPSA) is 12.0 Å². The Morgan fingerprint density at radius 1 is 1.38 bits per heavy atom. The van der Waals surface area contributed by atoms with Gasteiger partial charge < -0.3 is 5.32 Å². The molecule has 1 rings (SSSR count). The van der Waals surface area contributed by atoms with Crippen molar-refractivity contribution in [3.8, 4) is 0 Å². The van der Waals surface area contributed by atoms with E-state index in [0.717, 1.165) is 6.54 Å². The van der Waals surface area contributed by atoms with Gasteiger partial charge in [0.05, 0.1) is 0 Å². The smallest absolute Gasteiger partial charge is 0.0176 e. The van der Waals surface area contributed by atoms with Crippen LogP contribution in [0.25, 0.3) is 0 Å². The van der Waals surface area contributed by atoms with Crippen LogP contribution in [0.1, 0.15) is 20.3 Å². The normalized spacial score (nSPS) is 12.8. The maximum absolute atomic E-state index is 3.04. The molecule has 2 heteroatoms. The van der Waals surface area contributed by atoms with Gasteiger partial charge in [-0.25, -0.2) is 0 Å². The van der Waals surface area contributed by atoms with E-state index in [-0.39, 0.29) is 21.1 Å². The average Bonchev–Trinajstić information content (AvgIpc) is 2.23. The molecule has 0 spiro atoms. The average molecular weight is 283 g/mol. The van der Waals surface area contributed by atoms with Crippen molar-refractivity contribution in [2.45, 2.75) is 20.3 Å². The van der Waals surface area contributed by atoms with E-state index in [1.54, 1.807) is 0 Å². The fourth-order valence-corrected chi connectivity index (χ4v) is 0.417. The molecule has 0 fully saturated rings. The largest absolute Gasteiger partial charge is 0.391 e. The summed E-state index contributed by atoms with van der Waals surface area (Å²) < 4.78 is 0. The van der Waals surface area contributed by atoms with E-state index < -0.39 is 0 Å². The molecular formula is C6H13NW. The van der Waals surface area contributed by atoms with Gasteiger partial charge in [-0.2, -0.15) is 0 Å². The van der Waals surface area contributed by atoms with Crippen LogP contribution in [0.2, 0.25) is 0 Å². The van der Waals surface area contributed by atoms with Crippen molar-refractivity contribution >= 4 is 0 Å². The molecule has 1 aliphatic heterocycles. The fourth-order valence-electron chi connectivity index (χ4n) is 0.417. The van der Waals surface area contributed by atoms with Gasteiger partial charge in [0.25, 0.3) is 0 Å². The van der Waals surface area contributed by atoms with Crippen LogP contribution in [0.5, 0.6) is 0 Å². The Bertz CT molecular complexity index is 46.5. The molecule has 0 atom stereocenters. The Morgan fingerprint density at radius 2 is 2.00 bits per heavy atom. The first-order valence-electron chi connectivity index (χ1n) is 2.88. The van der Waals surface area contributed by atoms with Crippen molar-refractivity contribution in [3.63, 3.8) is 0 Å². The van der Waals surface area contributed by atoms with Gasteiger partial charge in [-0.15, -0.1) is 0 Å². The van der Waals surface area contributed by atoms with Crippen molar-refractivity contribution < 1.29 is 21.1 Å². The summed E-state index contributed by atoms with van der Waals surface area (Å²) in [4.78, 5) is 0. The molecule has 0 bridgehead atoms. The first-order chi connectivity index (χ1) is 3.50. The van der Waals surface area contributed by atoms with Gasteiger partial charge in [-0.3, -0.25) is 0 Å². The Balaban J connectivity index is 0. The number of nitrogens with one attached hydrogen (secondary N) is 1. The van der Waals surface area contributed by atoms with E-state index in [1.807, 2.05) is 20.0 Å². The zero-order valence-corrected chi connectivity index (χ0v) is 8.41. The standard InChI is InChI=1S/C4H7N.C2H6.W/c1-2-4-5-3-1;1-2;/h1,3,5H,2,4H2;1-2H3;. The molecule has 1 aliphatic rings. The predicted octanol–water partition coefficient (Wildman–Crippen LogP) is 1.52. The molecule has 8 heavy (non-hydrogen) atoms. The van der Waals surface area contributed by atoms with Gasteiger partial charge in [0, 0.05) is 27.6 Å². The molecule has 1 N–H and O–H groups in total. The third-order valence-corrected chi connectivity index (χ3v) is 0.691. The van der Waals surface area contributed by atoms with E-state index in [9.17, 15) is 0 Å². The summed E-state index contributed by atoms with van der Waals surface area (Å²) in [5.74, 6) is 0. The monoisotopic (exact) mass is 283 g/mol. The first kappa shape index (κ1) is 11.1. The van der Waals surface area contributed by atoms with Gasteiger partial charge in [0.15, 0.2) is 0 Å². The summed E-state index contributed by atoms with van der Waals surface area (Å²) >= 11 is 0. The van der Waals surface area contributed by atoms with Crippen molar-refractivity contribution in [2.75, 3.05) is 6.54 Å². The van der Waals surface area contributed by atoms with E-state index >= 15 is 0 Å². The predicted molar refractivity (Wildman–Crippen MR) is 33.1 cm³/mol. The summed E-state index contributed by atoms with van der Waals surface area (Å²) in [7, 11) is 0. The van der Waals surface area contributed by atoms with Crippen molar-refractivity contribution in [1.82, 2.24) is 5.32 Å². The maximum atomic E-state index is 3.04. The van der Waals surface area contributed by atoms with Gasteiger partial charge >= 0.3 is 0 Å². The van der Waals surface area contributed by atoms with Crippen LogP contribution < -0.4 is 5.32 Å². The number of rotatable bonds is 0. The molecule has 0 aromatic heterocycles. The molecule has 0 amide bonds. The van der Waals surface area contributed by atoms with Crippen LogP contribution in [0, 0.1) is 0 Å². The second kappa shape index (κ2) is 10.3. The van der Waals surface area contributed by atoms with Crippen LogP contribution in [0.4, 0.5) is 0 Å². The Labute approximate surface area is 65.8 Å². The van der Waals surface area contributed by atoms with Crippen LogP contribution in [0.3, 0.4) is 0 Å². The van der Waals surface area contributed by atoms with E-state index in [4.69, 9.17) is 0 Å². The molecular weight excluding hydrogens is 270 g/mol. The van der Waals surface area contributed by atoms with Crippen LogP contribution in [-0.2, 0) is 21.1 Å². The van der Waals surface area contributed by atoms with Crippen molar-refractivity contribution in [3.05, 3.63) is 12.3 Å². The van der Waals surface area contributed by atoms with Crippen molar-refractivity contribution in [2.24, 2.45) is 0 Å². The Hall–Kier alpha value is 0.228. The summed E-state index contributed by atoms with van der Waals surface area (Å²) in [5, 5.41) is 3.04. The summed E-state index contributed by atoms with van der Waals surface area (Å²) in [6.45, 7) is 5.14. The Morgan fingerprint density at radius 3 is 2.12 bits per heavy atom. The maximum Gasteiger partial charge on any atom is 0.0176 e. The summed E-state index contributed by atoms with van der Waals surface area (Å²) in [6, 6.07) is 0. The van der Waals surface area contributed by atoms with E-state index in [2.05, 4.69) is 11.4 Å². The van der Waals surface area contributed by atoms with Crippen LogP contribution >= 0.6 is 0 Å². The molecule has 48 valence electrons. The van der Waals surface area contributed by atoms with Gasteiger partial charge in [0.1, 0.15) is 0 Å². The molecule has 0 unspecified atom stereocenters. The minimum absolute atomic E-state index is 0. The van der Waals surface area contributed by atoms with Gasteiger partial charge in [0.2, 0.25) is 0 Å². The Kier molecular flexibility index (Phi) is 14.2. The second-order valence-electron chi connectivity index (χ2n) is 1.15. The van der Waals surface area contributed by atoms with Crippen LogP contribution in [0.15, 0.2) is 12.3 Å². The molecule has 0 saturated carbocycles. The third kappa shape index (κ3) is 6.23. The second-order valence-corrected chi connectivity index (χ2v) is 1.15. The van der Waals surface area contributed by atoms with Crippen molar-refractivity contribution in [1.29, 1.82) is 0 Å². The molecule has 1 heterocycles. The first-order valence-corrected chi connectivity index (χ1v) is 2.88. The molecule has 0 saturated heterocycles. The van der Waals surface area contributed by atoms with Crippen LogP contribution in [-0.4, -0.2) is 6.54 Å². The summed E-state index contributed by atoms with van der Waals surface area (Å²) in [5.41, 5.74) is 0.